The Labute approximate surface area is 145 Å². The standard InChI is InChI=1S/C17H9ClFN3O3/c18-9-4-8(5-10(19)6-9)7-22-15-14(20-21-22)17(25)13-11(16(15)24)2-1-3-12(13)23/h1-6,23H,7H2. The third-order valence-corrected chi connectivity index (χ3v) is 4.15. The molecule has 4 rings (SSSR count). The molecule has 0 aliphatic heterocycles. The number of benzene rings is 2. The molecular formula is C17H9ClFN3O3. The van der Waals surface area contributed by atoms with Gasteiger partial charge >= 0.3 is 0 Å². The van der Waals surface area contributed by atoms with Crippen LogP contribution >= 0.6 is 11.6 Å². The summed E-state index contributed by atoms with van der Waals surface area (Å²) in [5.74, 6) is -1.86. The molecule has 0 saturated carbocycles. The number of phenols is 1. The van der Waals surface area contributed by atoms with Crippen molar-refractivity contribution >= 4 is 23.2 Å². The lowest BCUT2D eigenvalue weighted by Crippen LogP contribution is -2.23. The number of phenolic OH excluding ortho intramolecular Hbond substituents is 1. The molecule has 0 radical (unpaired) electrons. The highest BCUT2D eigenvalue weighted by Crippen LogP contribution is 2.31. The van der Waals surface area contributed by atoms with E-state index < -0.39 is 17.4 Å². The average molecular weight is 358 g/mol. The highest BCUT2D eigenvalue weighted by Gasteiger charge is 2.36. The molecule has 1 aliphatic rings. The first kappa shape index (κ1) is 15.5. The molecular weight excluding hydrogens is 349 g/mol. The molecule has 3 aromatic rings. The fourth-order valence-corrected chi connectivity index (χ4v) is 3.13. The first-order valence-corrected chi connectivity index (χ1v) is 7.63. The third-order valence-electron chi connectivity index (χ3n) is 3.93. The van der Waals surface area contributed by atoms with Crippen LogP contribution in [0.1, 0.15) is 37.7 Å². The maximum Gasteiger partial charge on any atom is 0.220 e. The molecule has 0 saturated heterocycles. The van der Waals surface area contributed by atoms with E-state index in [0.717, 1.165) is 6.07 Å². The van der Waals surface area contributed by atoms with Crippen molar-refractivity contribution in [2.45, 2.75) is 6.54 Å². The van der Waals surface area contributed by atoms with E-state index in [9.17, 15) is 19.1 Å². The van der Waals surface area contributed by atoms with Crippen LogP contribution in [0.4, 0.5) is 4.39 Å². The van der Waals surface area contributed by atoms with Crippen LogP contribution in [0.25, 0.3) is 0 Å². The second-order valence-electron chi connectivity index (χ2n) is 5.58. The van der Waals surface area contributed by atoms with Gasteiger partial charge in [-0.15, -0.1) is 5.10 Å². The fourth-order valence-electron chi connectivity index (χ4n) is 2.89. The van der Waals surface area contributed by atoms with Crippen LogP contribution in [0, 0.1) is 5.82 Å². The zero-order chi connectivity index (χ0) is 17.7. The van der Waals surface area contributed by atoms with Gasteiger partial charge in [0.25, 0.3) is 0 Å². The quantitative estimate of drug-likeness (QED) is 0.596. The lowest BCUT2D eigenvalue weighted by atomic mass is 9.89. The van der Waals surface area contributed by atoms with Gasteiger partial charge in [0.1, 0.15) is 17.3 Å². The van der Waals surface area contributed by atoms with Crippen molar-refractivity contribution in [3.63, 3.8) is 0 Å². The van der Waals surface area contributed by atoms with E-state index >= 15 is 0 Å². The van der Waals surface area contributed by atoms with Gasteiger partial charge in [-0.25, -0.2) is 9.07 Å². The summed E-state index contributed by atoms with van der Waals surface area (Å²) >= 11 is 5.84. The van der Waals surface area contributed by atoms with Crippen molar-refractivity contribution in [1.29, 1.82) is 0 Å². The number of hydrogen-bond donors (Lipinski definition) is 1. The summed E-state index contributed by atoms with van der Waals surface area (Å²) in [5.41, 5.74) is 0.337. The van der Waals surface area contributed by atoms with Crippen LogP contribution in [0.2, 0.25) is 5.02 Å². The summed E-state index contributed by atoms with van der Waals surface area (Å²) < 4.78 is 14.7. The predicted octanol–water partition coefficient (Wildman–Crippen LogP) is 2.60. The maximum absolute atomic E-state index is 13.5. The molecule has 0 amide bonds. The average Bonchev–Trinajstić information content (AvgIpc) is 2.95. The number of rotatable bonds is 2. The second kappa shape index (κ2) is 5.49. The number of aromatic hydroxyl groups is 1. The van der Waals surface area contributed by atoms with E-state index in [4.69, 9.17) is 11.6 Å². The molecule has 1 heterocycles. The Morgan fingerprint density at radius 2 is 1.96 bits per heavy atom. The van der Waals surface area contributed by atoms with E-state index in [1.807, 2.05) is 0 Å². The molecule has 1 aliphatic carbocycles. The Kier molecular flexibility index (Phi) is 3.40. The molecule has 1 N–H and O–H groups in total. The molecule has 0 unspecified atom stereocenters. The molecule has 0 atom stereocenters. The van der Waals surface area contributed by atoms with E-state index in [1.54, 1.807) is 0 Å². The van der Waals surface area contributed by atoms with Gasteiger partial charge in [0.2, 0.25) is 11.6 Å². The van der Waals surface area contributed by atoms with Gasteiger partial charge in [0, 0.05) is 10.6 Å². The number of hydrogen-bond acceptors (Lipinski definition) is 5. The molecule has 0 bridgehead atoms. The van der Waals surface area contributed by atoms with Crippen molar-refractivity contribution in [2.75, 3.05) is 0 Å². The predicted molar refractivity (Wildman–Crippen MR) is 85.5 cm³/mol. The molecule has 25 heavy (non-hydrogen) atoms. The first-order valence-electron chi connectivity index (χ1n) is 7.25. The van der Waals surface area contributed by atoms with Gasteiger partial charge in [-0.1, -0.05) is 22.9 Å². The number of aromatic nitrogens is 3. The molecule has 0 spiro atoms. The van der Waals surface area contributed by atoms with E-state index in [2.05, 4.69) is 10.3 Å². The van der Waals surface area contributed by atoms with Crippen LogP contribution in [-0.4, -0.2) is 31.7 Å². The van der Waals surface area contributed by atoms with Gasteiger partial charge in [-0.05, 0) is 35.9 Å². The topological polar surface area (TPSA) is 85.1 Å². The number of halogens is 2. The molecule has 124 valence electrons. The van der Waals surface area contributed by atoms with E-state index in [-0.39, 0.29) is 39.8 Å². The highest BCUT2D eigenvalue weighted by atomic mass is 35.5. The summed E-state index contributed by atoms with van der Waals surface area (Å²) in [4.78, 5) is 25.3. The minimum Gasteiger partial charge on any atom is -0.507 e. The highest BCUT2D eigenvalue weighted by molar-refractivity contribution is 6.30. The smallest absolute Gasteiger partial charge is 0.220 e. The number of carbonyl (C=O) groups is 2. The second-order valence-corrected chi connectivity index (χ2v) is 6.02. The summed E-state index contributed by atoms with van der Waals surface area (Å²) in [6.07, 6.45) is 0. The van der Waals surface area contributed by atoms with Gasteiger partial charge in [-0.2, -0.15) is 0 Å². The number of fused-ring (bicyclic) bond motifs is 2. The lowest BCUT2D eigenvalue weighted by molar-refractivity contribution is 0.0968. The van der Waals surface area contributed by atoms with Crippen molar-refractivity contribution in [1.82, 2.24) is 15.0 Å². The van der Waals surface area contributed by atoms with Gasteiger partial charge in [-0.3, -0.25) is 9.59 Å². The Hall–Kier alpha value is -3.06. The normalized spacial score (nSPS) is 12.9. The summed E-state index contributed by atoms with van der Waals surface area (Å²) in [5, 5.41) is 17.7. The number of ketones is 2. The molecule has 2 aromatic carbocycles. The van der Waals surface area contributed by atoms with E-state index in [0.29, 0.717) is 5.56 Å². The third kappa shape index (κ3) is 2.40. The Bertz CT molecular complexity index is 1040. The van der Waals surface area contributed by atoms with Gasteiger partial charge in [0.15, 0.2) is 5.69 Å². The van der Waals surface area contributed by atoms with Gasteiger partial charge < -0.3 is 5.11 Å². The van der Waals surface area contributed by atoms with E-state index in [1.165, 1.54) is 35.0 Å². The minimum atomic E-state index is -0.578. The van der Waals surface area contributed by atoms with Crippen LogP contribution in [0.3, 0.4) is 0 Å². The van der Waals surface area contributed by atoms with Crippen molar-refractivity contribution in [3.8, 4) is 5.75 Å². The van der Waals surface area contributed by atoms with Crippen molar-refractivity contribution in [2.24, 2.45) is 0 Å². The van der Waals surface area contributed by atoms with Crippen molar-refractivity contribution in [3.05, 3.63) is 75.3 Å². The maximum atomic E-state index is 13.5. The molecule has 8 heteroatoms. The Morgan fingerprint density at radius 1 is 1.16 bits per heavy atom. The first-order chi connectivity index (χ1) is 12.0. The summed E-state index contributed by atoms with van der Waals surface area (Å²) in [6, 6.07) is 8.21. The Morgan fingerprint density at radius 3 is 2.72 bits per heavy atom. The molecule has 1 aromatic heterocycles. The van der Waals surface area contributed by atoms with Crippen LogP contribution in [0.15, 0.2) is 36.4 Å². The Balaban J connectivity index is 1.82. The number of carbonyl (C=O) groups excluding carboxylic acids is 2. The van der Waals surface area contributed by atoms with Crippen LogP contribution < -0.4 is 0 Å². The molecule has 6 nitrogen and oxygen atoms in total. The lowest BCUT2D eigenvalue weighted by Gasteiger charge is -2.15. The summed E-state index contributed by atoms with van der Waals surface area (Å²) in [7, 11) is 0. The summed E-state index contributed by atoms with van der Waals surface area (Å²) in [6.45, 7) is 0.0208. The van der Waals surface area contributed by atoms with Gasteiger partial charge in [0.05, 0.1) is 12.1 Å². The number of nitrogens with zero attached hydrogens (tertiary/aromatic N) is 3. The minimum absolute atomic E-state index is 0.00323. The monoisotopic (exact) mass is 357 g/mol. The molecule has 0 fully saturated rings. The zero-order valence-corrected chi connectivity index (χ0v) is 13.3. The van der Waals surface area contributed by atoms with Crippen LogP contribution in [-0.2, 0) is 6.54 Å². The fraction of sp³-hybridized carbons (Fsp3) is 0.0588. The van der Waals surface area contributed by atoms with Crippen molar-refractivity contribution < 1.29 is 19.1 Å². The largest absolute Gasteiger partial charge is 0.507 e. The zero-order valence-electron chi connectivity index (χ0n) is 12.5. The SMILES string of the molecule is O=C1c2nnn(Cc3cc(F)cc(Cl)c3)c2C(=O)c2cccc(O)c21. The van der Waals surface area contributed by atoms with Crippen LogP contribution in [0.5, 0.6) is 5.75 Å².